The predicted molar refractivity (Wildman–Crippen MR) is 128 cm³/mol. The van der Waals surface area contributed by atoms with Gasteiger partial charge >= 0.3 is 0 Å². The highest BCUT2D eigenvalue weighted by Gasteiger charge is 2.27. The van der Waals surface area contributed by atoms with Crippen molar-refractivity contribution in [3.63, 3.8) is 0 Å². The van der Waals surface area contributed by atoms with E-state index in [0.29, 0.717) is 5.69 Å². The normalized spacial score (nSPS) is 12.1. The maximum Gasteiger partial charge on any atom is 0.291 e. The number of carbonyl (C=O) groups is 2. The first-order valence-corrected chi connectivity index (χ1v) is 11.8. The van der Waals surface area contributed by atoms with Crippen molar-refractivity contribution in [2.45, 2.75) is 14.7 Å². The van der Waals surface area contributed by atoms with Crippen LogP contribution in [0.5, 0.6) is 0 Å². The second-order valence-corrected chi connectivity index (χ2v) is 9.15. The highest BCUT2D eigenvalue weighted by Crippen LogP contribution is 2.48. The molecule has 1 aromatic heterocycles. The molecule has 0 saturated carbocycles. The number of benzene rings is 3. The lowest BCUT2D eigenvalue weighted by Crippen LogP contribution is -2.29. The third-order valence-electron chi connectivity index (χ3n) is 4.88. The molecule has 5 nitrogen and oxygen atoms in total. The number of para-hydroxylation sites is 2. The number of furan rings is 1. The molecule has 1 aliphatic rings. The van der Waals surface area contributed by atoms with Gasteiger partial charge in [-0.15, -0.1) is 11.8 Å². The molecule has 158 valence electrons. The molecule has 4 aromatic rings. The molecule has 0 radical (unpaired) electrons. The number of hydrogen-bond donors (Lipinski definition) is 1. The molecule has 1 aliphatic heterocycles. The SMILES string of the molecule is O=C(Nc1cccc(SCC(=O)N2c3ccccc3Sc3ccccc32)c1)c1ccco1. The van der Waals surface area contributed by atoms with Gasteiger partial charge in [-0.3, -0.25) is 14.5 Å². The van der Waals surface area contributed by atoms with Crippen molar-refractivity contribution in [1.29, 1.82) is 0 Å². The summed E-state index contributed by atoms with van der Waals surface area (Å²) in [5.41, 5.74) is 2.46. The van der Waals surface area contributed by atoms with Crippen molar-refractivity contribution in [3.05, 3.63) is 97.0 Å². The fourth-order valence-electron chi connectivity index (χ4n) is 3.45. The van der Waals surface area contributed by atoms with Crippen LogP contribution in [0.1, 0.15) is 10.6 Å². The summed E-state index contributed by atoms with van der Waals surface area (Å²) in [6.07, 6.45) is 1.46. The van der Waals surface area contributed by atoms with E-state index in [1.54, 1.807) is 34.9 Å². The minimum atomic E-state index is -0.313. The lowest BCUT2D eigenvalue weighted by atomic mass is 10.2. The van der Waals surface area contributed by atoms with Crippen LogP contribution in [-0.2, 0) is 4.79 Å². The van der Waals surface area contributed by atoms with E-state index in [4.69, 9.17) is 4.42 Å². The molecule has 0 bridgehead atoms. The predicted octanol–water partition coefficient (Wildman–Crippen LogP) is 6.45. The van der Waals surface area contributed by atoms with Gasteiger partial charge in [-0.25, -0.2) is 0 Å². The molecule has 0 spiro atoms. The highest BCUT2D eigenvalue weighted by molar-refractivity contribution is 8.00. The lowest BCUT2D eigenvalue weighted by molar-refractivity contribution is -0.115. The lowest BCUT2D eigenvalue weighted by Gasteiger charge is -2.31. The van der Waals surface area contributed by atoms with Crippen LogP contribution in [0, 0.1) is 0 Å². The van der Waals surface area contributed by atoms with E-state index in [1.165, 1.54) is 18.0 Å². The summed E-state index contributed by atoms with van der Waals surface area (Å²) < 4.78 is 5.13. The van der Waals surface area contributed by atoms with E-state index in [2.05, 4.69) is 5.32 Å². The largest absolute Gasteiger partial charge is 0.459 e. The summed E-state index contributed by atoms with van der Waals surface area (Å²) in [5, 5.41) is 2.82. The Morgan fingerprint density at radius 2 is 1.59 bits per heavy atom. The number of amides is 2. The topological polar surface area (TPSA) is 62.6 Å². The second kappa shape index (κ2) is 8.98. The number of hydrogen-bond acceptors (Lipinski definition) is 5. The van der Waals surface area contributed by atoms with Crippen molar-refractivity contribution >= 4 is 52.4 Å². The molecular formula is C25H18N2O3S2. The summed E-state index contributed by atoms with van der Waals surface area (Å²) in [4.78, 5) is 30.4. The molecule has 32 heavy (non-hydrogen) atoms. The molecular weight excluding hydrogens is 440 g/mol. The van der Waals surface area contributed by atoms with Crippen LogP contribution in [0.15, 0.2) is 110 Å². The molecule has 2 amide bonds. The van der Waals surface area contributed by atoms with Crippen LogP contribution < -0.4 is 10.2 Å². The van der Waals surface area contributed by atoms with E-state index in [-0.39, 0.29) is 23.3 Å². The van der Waals surface area contributed by atoms with Gasteiger partial charge in [0, 0.05) is 20.4 Å². The summed E-state index contributed by atoms with van der Waals surface area (Å²) in [6.45, 7) is 0. The Bertz CT molecular complexity index is 1240. The molecule has 3 aromatic carbocycles. The average Bonchev–Trinajstić information content (AvgIpc) is 3.36. The molecule has 5 rings (SSSR count). The Hall–Kier alpha value is -3.42. The van der Waals surface area contributed by atoms with Crippen molar-refractivity contribution in [2.24, 2.45) is 0 Å². The minimum absolute atomic E-state index is 0.000208. The van der Waals surface area contributed by atoms with E-state index in [0.717, 1.165) is 26.1 Å². The van der Waals surface area contributed by atoms with Crippen LogP contribution in [0.3, 0.4) is 0 Å². The fourth-order valence-corrected chi connectivity index (χ4v) is 5.31. The zero-order valence-corrected chi connectivity index (χ0v) is 18.5. The maximum absolute atomic E-state index is 13.3. The molecule has 0 unspecified atom stereocenters. The molecule has 0 atom stereocenters. The number of nitrogens with zero attached hydrogens (tertiary/aromatic N) is 1. The Labute approximate surface area is 193 Å². The van der Waals surface area contributed by atoms with E-state index in [9.17, 15) is 9.59 Å². The Balaban J connectivity index is 1.32. The van der Waals surface area contributed by atoms with Gasteiger partial charge in [-0.05, 0) is 54.6 Å². The molecule has 1 N–H and O–H groups in total. The van der Waals surface area contributed by atoms with Crippen LogP contribution >= 0.6 is 23.5 Å². The van der Waals surface area contributed by atoms with Crippen LogP contribution in [-0.4, -0.2) is 17.6 Å². The van der Waals surface area contributed by atoms with Crippen molar-refractivity contribution in [1.82, 2.24) is 0 Å². The molecule has 7 heteroatoms. The average molecular weight is 459 g/mol. The number of fused-ring (bicyclic) bond motifs is 2. The maximum atomic E-state index is 13.3. The van der Waals surface area contributed by atoms with Crippen molar-refractivity contribution < 1.29 is 14.0 Å². The summed E-state index contributed by atoms with van der Waals surface area (Å²) in [7, 11) is 0. The number of nitrogens with one attached hydrogen (secondary N) is 1. The first-order valence-electron chi connectivity index (χ1n) is 9.95. The zero-order chi connectivity index (χ0) is 21.9. The molecule has 0 fully saturated rings. The van der Waals surface area contributed by atoms with Crippen LogP contribution in [0.4, 0.5) is 17.1 Å². The van der Waals surface area contributed by atoms with E-state index in [1.807, 2.05) is 66.7 Å². The number of carbonyl (C=O) groups excluding carboxylic acids is 2. The van der Waals surface area contributed by atoms with Gasteiger partial charge in [0.25, 0.3) is 5.91 Å². The Kier molecular flexibility index (Phi) is 5.75. The van der Waals surface area contributed by atoms with Gasteiger partial charge in [-0.1, -0.05) is 42.1 Å². The number of thioether (sulfide) groups is 1. The standard InChI is InChI=1S/C25H18N2O3S2/c28-24(27-19-9-1-3-12-22(19)32-23-13-4-2-10-20(23)27)16-31-18-8-5-7-17(15-18)26-25(29)21-11-6-14-30-21/h1-15H,16H2,(H,26,29). The van der Waals surface area contributed by atoms with Gasteiger partial charge in [0.15, 0.2) is 5.76 Å². The first kappa shape index (κ1) is 20.5. The Morgan fingerprint density at radius 3 is 2.28 bits per heavy atom. The van der Waals surface area contributed by atoms with Gasteiger partial charge in [0.2, 0.25) is 5.91 Å². The van der Waals surface area contributed by atoms with Gasteiger partial charge < -0.3 is 9.73 Å². The first-order chi connectivity index (χ1) is 15.7. The Morgan fingerprint density at radius 1 is 0.875 bits per heavy atom. The highest BCUT2D eigenvalue weighted by atomic mass is 32.2. The number of anilines is 3. The third-order valence-corrected chi connectivity index (χ3v) is 6.99. The third kappa shape index (κ3) is 4.17. The molecule has 0 saturated heterocycles. The minimum Gasteiger partial charge on any atom is -0.459 e. The zero-order valence-electron chi connectivity index (χ0n) is 16.9. The van der Waals surface area contributed by atoms with Gasteiger partial charge in [0.1, 0.15) is 0 Å². The molecule has 0 aliphatic carbocycles. The summed E-state index contributed by atoms with van der Waals surface area (Å²) in [5.74, 6) is 0.203. The second-order valence-electron chi connectivity index (χ2n) is 7.01. The van der Waals surface area contributed by atoms with Crippen LogP contribution in [0.2, 0.25) is 0 Å². The van der Waals surface area contributed by atoms with Gasteiger partial charge in [0.05, 0.1) is 23.4 Å². The van der Waals surface area contributed by atoms with Crippen molar-refractivity contribution in [2.75, 3.05) is 16.0 Å². The van der Waals surface area contributed by atoms with E-state index >= 15 is 0 Å². The van der Waals surface area contributed by atoms with Crippen molar-refractivity contribution in [3.8, 4) is 0 Å². The number of rotatable bonds is 5. The molecule has 2 heterocycles. The fraction of sp³-hybridized carbons (Fsp3) is 0.0400. The van der Waals surface area contributed by atoms with E-state index < -0.39 is 0 Å². The quantitative estimate of drug-likeness (QED) is 0.348. The smallest absolute Gasteiger partial charge is 0.291 e. The van der Waals surface area contributed by atoms with Gasteiger partial charge in [-0.2, -0.15) is 0 Å². The monoisotopic (exact) mass is 458 g/mol. The summed E-state index contributed by atoms with van der Waals surface area (Å²) >= 11 is 3.11. The summed E-state index contributed by atoms with van der Waals surface area (Å²) in [6, 6.07) is 26.6. The van der Waals surface area contributed by atoms with Crippen LogP contribution in [0.25, 0.3) is 0 Å².